The Morgan fingerprint density at radius 2 is 1.82 bits per heavy atom. The SMILES string of the molecule is CN(CC(=O)N1CCCC1)Cc1ccc(OC(F)(F)F)cc1. The second kappa shape index (κ2) is 7.00. The Morgan fingerprint density at radius 3 is 2.36 bits per heavy atom. The van der Waals surface area contributed by atoms with Gasteiger partial charge in [0.25, 0.3) is 0 Å². The fourth-order valence-electron chi connectivity index (χ4n) is 2.46. The predicted octanol–water partition coefficient (Wildman–Crippen LogP) is 2.64. The molecule has 22 heavy (non-hydrogen) atoms. The highest BCUT2D eigenvalue weighted by Crippen LogP contribution is 2.23. The van der Waals surface area contributed by atoms with Crippen molar-refractivity contribution in [2.24, 2.45) is 0 Å². The van der Waals surface area contributed by atoms with E-state index in [1.165, 1.54) is 12.1 Å². The summed E-state index contributed by atoms with van der Waals surface area (Å²) in [5.74, 6) is -0.149. The Labute approximate surface area is 127 Å². The number of likely N-dealkylation sites (N-methyl/N-ethyl adjacent to an activating group) is 1. The molecule has 1 aliphatic rings. The molecule has 0 spiro atoms. The van der Waals surface area contributed by atoms with E-state index < -0.39 is 6.36 Å². The van der Waals surface area contributed by atoms with E-state index in [0.717, 1.165) is 31.5 Å². The average Bonchev–Trinajstić information content (AvgIpc) is 2.93. The molecular weight excluding hydrogens is 297 g/mol. The number of ether oxygens (including phenoxy) is 1. The smallest absolute Gasteiger partial charge is 0.406 e. The van der Waals surface area contributed by atoms with E-state index in [9.17, 15) is 18.0 Å². The third kappa shape index (κ3) is 5.22. The molecule has 0 saturated carbocycles. The number of benzene rings is 1. The molecule has 1 aromatic rings. The van der Waals surface area contributed by atoms with Crippen LogP contribution in [0.1, 0.15) is 18.4 Å². The summed E-state index contributed by atoms with van der Waals surface area (Å²) >= 11 is 0. The van der Waals surface area contributed by atoms with Crippen molar-refractivity contribution in [1.82, 2.24) is 9.80 Å². The van der Waals surface area contributed by atoms with Crippen LogP contribution in [0.5, 0.6) is 5.75 Å². The predicted molar refractivity (Wildman–Crippen MR) is 75.3 cm³/mol. The summed E-state index contributed by atoms with van der Waals surface area (Å²) in [6, 6.07) is 5.69. The standard InChI is InChI=1S/C15H19F3N2O2/c1-19(11-14(21)20-8-2-3-9-20)10-12-4-6-13(7-5-12)22-15(16,17)18/h4-7H,2-3,8-11H2,1H3. The number of nitrogens with zero attached hydrogens (tertiary/aromatic N) is 2. The van der Waals surface area contributed by atoms with Gasteiger partial charge in [-0.3, -0.25) is 9.69 Å². The summed E-state index contributed by atoms with van der Waals surface area (Å²) in [5, 5.41) is 0. The number of carbonyl (C=O) groups is 1. The van der Waals surface area contributed by atoms with E-state index in [1.807, 2.05) is 16.8 Å². The summed E-state index contributed by atoms with van der Waals surface area (Å²) < 4.78 is 40.0. The minimum absolute atomic E-state index is 0.0945. The van der Waals surface area contributed by atoms with Crippen LogP contribution in [-0.2, 0) is 11.3 Å². The lowest BCUT2D eigenvalue weighted by molar-refractivity contribution is -0.274. The molecule has 0 unspecified atom stereocenters. The molecule has 122 valence electrons. The van der Waals surface area contributed by atoms with E-state index in [4.69, 9.17) is 0 Å². The molecule has 0 N–H and O–H groups in total. The lowest BCUT2D eigenvalue weighted by atomic mass is 10.2. The third-order valence-corrected chi connectivity index (χ3v) is 3.47. The van der Waals surface area contributed by atoms with Gasteiger partial charge in [0.15, 0.2) is 0 Å². The molecule has 4 nitrogen and oxygen atoms in total. The molecule has 1 amide bonds. The molecule has 0 atom stereocenters. The van der Waals surface area contributed by atoms with Gasteiger partial charge in [0, 0.05) is 19.6 Å². The Kier molecular flexibility index (Phi) is 5.28. The highest BCUT2D eigenvalue weighted by molar-refractivity contribution is 5.78. The van der Waals surface area contributed by atoms with Crippen LogP contribution in [0.2, 0.25) is 0 Å². The van der Waals surface area contributed by atoms with Gasteiger partial charge in [-0.25, -0.2) is 0 Å². The van der Waals surface area contributed by atoms with Crippen LogP contribution in [-0.4, -0.2) is 48.8 Å². The number of hydrogen-bond donors (Lipinski definition) is 0. The molecule has 2 rings (SSSR count). The van der Waals surface area contributed by atoms with E-state index >= 15 is 0 Å². The molecule has 1 heterocycles. The summed E-state index contributed by atoms with van der Waals surface area (Å²) in [6.45, 7) is 2.43. The molecular formula is C15H19F3N2O2. The van der Waals surface area contributed by atoms with Crippen LogP contribution < -0.4 is 4.74 Å². The highest BCUT2D eigenvalue weighted by Gasteiger charge is 2.30. The lowest BCUT2D eigenvalue weighted by Crippen LogP contribution is -2.36. The molecule has 0 aromatic heterocycles. The lowest BCUT2D eigenvalue weighted by Gasteiger charge is -2.21. The first-order chi connectivity index (χ1) is 10.3. The molecule has 1 fully saturated rings. The van der Waals surface area contributed by atoms with Gasteiger partial charge in [0.1, 0.15) is 5.75 Å². The van der Waals surface area contributed by atoms with Gasteiger partial charge >= 0.3 is 6.36 Å². The Bertz CT molecular complexity index is 497. The van der Waals surface area contributed by atoms with Crippen LogP contribution in [0.3, 0.4) is 0 Å². The summed E-state index contributed by atoms with van der Waals surface area (Å²) in [5.41, 5.74) is 0.825. The molecule has 0 radical (unpaired) electrons. The third-order valence-electron chi connectivity index (χ3n) is 3.47. The number of hydrogen-bond acceptors (Lipinski definition) is 3. The minimum atomic E-state index is -4.68. The van der Waals surface area contributed by atoms with Crippen LogP contribution in [0.4, 0.5) is 13.2 Å². The van der Waals surface area contributed by atoms with Crippen molar-refractivity contribution in [2.75, 3.05) is 26.7 Å². The molecule has 7 heteroatoms. The fourth-order valence-corrected chi connectivity index (χ4v) is 2.46. The summed E-state index contributed by atoms with van der Waals surface area (Å²) in [6.07, 6.45) is -2.58. The van der Waals surface area contributed by atoms with E-state index in [1.54, 1.807) is 12.1 Å². The maximum atomic E-state index is 12.1. The van der Waals surface area contributed by atoms with E-state index in [-0.39, 0.29) is 11.7 Å². The number of alkyl halides is 3. The number of rotatable bonds is 5. The van der Waals surface area contributed by atoms with Crippen molar-refractivity contribution in [3.63, 3.8) is 0 Å². The summed E-state index contributed by atoms with van der Waals surface area (Å²) in [4.78, 5) is 15.7. The van der Waals surface area contributed by atoms with Gasteiger partial charge in [-0.15, -0.1) is 13.2 Å². The Balaban J connectivity index is 1.83. The van der Waals surface area contributed by atoms with Crippen LogP contribution >= 0.6 is 0 Å². The topological polar surface area (TPSA) is 32.8 Å². The molecule has 1 aliphatic heterocycles. The number of halogens is 3. The second-order valence-electron chi connectivity index (χ2n) is 5.45. The van der Waals surface area contributed by atoms with Crippen molar-refractivity contribution < 1.29 is 22.7 Å². The number of likely N-dealkylation sites (tertiary alicyclic amines) is 1. The Hall–Kier alpha value is -1.76. The largest absolute Gasteiger partial charge is 0.573 e. The zero-order valence-electron chi connectivity index (χ0n) is 12.4. The Morgan fingerprint density at radius 1 is 1.23 bits per heavy atom. The summed E-state index contributed by atoms with van der Waals surface area (Å²) in [7, 11) is 1.81. The monoisotopic (exact) mass is 316 g/mol. The van der Waals surface area contributed by atoms with Crippen molar-refractivity contribution >= 4 is 5.91 Å². The molecule has 0 bridgehead atoms. The molecule has 0 aliphatic carbocycles. The first-order valence-corrected chi connectivity index (χ1v) is 7.14. The zero-order chi connectivity index (χ0) is 16.2. The van der Waals surface area contributed by atoms with Crippen molar-refractivity contribution in [3.05, 3.63) is 29.8 Å². The molecule has 1 aromatic carbocycles. The fraction of sp³-hybridized carbons (Fsp3) is 0.533. The van der Waals surface area contributed by atoms with E-state index in [0.29, 0.717) is 13.1 Å². The average molecular weight is 316 g/mol. The second-order valence-corrected chi connectivity index (χ2v) is 5.45. The first kappa shape index (κ1) is 16.6. The van der Waals surface area contributed by atoms with Gasteiger partial charge < -0.3 is 9.64 Å². The quantitative estimate of drug-likeness (QED) is 0.837. The number of amides is 1. The van der Waals surface area contributed by atoms with Crippen LogP contribution in [0.25, 0.3) is 0 Å². The van der Waals surface area contributed by atoms with E-state index in [2.05, 4.69) is 4.74 Å². The zero-order valence-corrected chi connectivity index (χ0v) is 12.4. The maximum absolute atomic E-state index is 12.1. The van der Waals surface area contributed by atoms with Gasteiger partial charge in [0.05, 0.1) is 6.54 Å². The van der Waals surface area contributed by atoms with Crippen LogP contribution in [0.15, 0.2) is 24.3 Å². The van der Waals surface area contributed by atoms with Gasteiger partial charge in [-0.1, -0.05) is 12.1 Å². The van der Waals surface area contributed by atoms with Crippen molar-refractivity contribution in [3.8, 4) is 5.75 Å². The highest BCUT2D eigenvalue weighted by atomic mass is 19.4. The van der Waals surface area contributed by atoms with Gasteiger partial charge in [0.2, 0.25) is 5.91 Å². The van der Waals surface area contributed by atoms with Crippen molar-refractivity contribution in [2.45, 2.75) is 25.7 Å². The normalized spacial score (nSPS) is 15.4. The first-order valence-electron chi connectivity index (χ1n) is 7.14. The number of carbonyl (C=O) groups excluding carboxylic acids is 1. The molecule has 1 saturated heterocycles. The van der Waals surface area contributed by atoms with Gasteiger partial charge in [-0.2, -0.15) is 0 Å². The minimum Gasteiger partial charge on any atom is -0.406 e. The van der Waals surface area contributed by atoms with Crippen molar-refractivity contribution in [1.29, 1.82) is 0 Å². The van der Waals surface area contributed by atoms with Crippen LogP contribution in [0, 0.1) is 0 Å². The van der Waals surface area contributed by atoms with Gasteiger partial charge in [-0.05, 0) is 37.6 Å². The maximum Gasteiger partial charge on any atom is 0.573 e.